The van der Waals surface area contributed by atoms with Gasteiger partial charge in [0.2, 0.25) is 0 Å². The van der Waals surface area contributed by atoms with Crippen LogP contribution >= 0.6 is 27.7 Å². The second-order valence-corrected chi connectivity index (χ2v) is 3.89. The molecular weight excluding hydrogens is 267 g/mol. The molecule has 0 amide bonds. The molecule has 0 spiro atoms. The van der Waals surface area contributed by atoms with Crippen LogP contribution in [0, 0.1) is 0 Å². The number of rotatable bonds is 1. The molecule has 0 unspecified atom stereocenters. The van der Waals surface area contributed by atoms with Gasteiger partial charge in [-0.15, -0.1) is 11.8 Å². The zero-order valence-corrected chi connectivity index (χ0v) is 8.92. The average Bonchev–Trinajstić information content (AvgIpc) is 2.03. The van der Waals surface area contributed by atoms with Crippen molar-refractivity contribution >= 4 is 27.7 Å². The third-order valence-corrected chi connectivity index (χ3v) is 2.62. The summed E-state index contributed by atoms with van der Waals surface area (Å²) in [5.41, 5.74) is -0.688. The Balaban J connectivity index is 3.19. The zero-order valence-electron chi connectivity index (χ0n) is 6.52. The predicted molar refractivity (Wildman–Crippen MR) is 48.7 cm³/mol. The fourth-order valence-electron chi connectivity index (χ4n) is 0.748. The van der Waals surface area contributed by atoms with E-state index in [2.05, 4.69) is 20.9 Å². The van der Waals surface area contributed by atoms with E-state index in [4.69, 9.17) is 0 Å². The largest absolute Gasteiger partial charge is 0.417 e. The maximum atomic E-state index is 12.3. The second-order valence-electron chi connectivity index (χ2n) is 2.20. The minimum Gasteiger partial charge on any atom is -0.249 e. The standard InChI is InChI=1S/C7H5BrF3NS/c1-13-6-2-4(7(9,10)11)5(8)3-12-6/h2-3H,1H3. The predicted octanol–water partition coefficient (Wildman–Crippen LogP) is 3.58. The Morgan fingerprint density at radius 2 is 2.08 bits per heavy atom. The highest BCUT2D eigenvalue weighted by atomic mass is 79.9. The van der Waals surface area contributed by atoms with Gasteiger partial charge in [-0.3, -0.25) is 0 Å². The van der Waals surface area contributed by atoms with Crippen LogP contribution in [0.3, 0.4) is 0 Å². The van der Waals surface area contributed by atoms with E-state index in [0.29, 0.717) is 5.03 Å². The zero-order chi connectivity index (χ0) is 10.1. The Labute approximate surface area is 85.9 Å². The Bertz CT molecular complexity index is 313. The van der Waals surface area contributed by atoms with Crippen molar-refractivity contribution in [2.75, 3.05) is 6.26 Å². The molecule has 0 aliphatic heterocycles. The summed E-state index contributed by atoms with van der Waals surface area (Å²) in [4.78, 5) is 3.79. The van der Waals surface area contributed by atoms with Gasteiger partial charge in [0.1, 0.15) is 0 Å². The lowest BCUT2D eigenvalue weighted by Gasteiger charge is -2.09. The first kappa shape index (κ1) is 10.8. The summed E-state index contributed by atoms with van der Waals surface area (Å²) >= 11 is 3.98. The second kappa shape index (κ2) is 3.88. The van der Waals surface area contributed by atoms with Gasteiger partial charge in [-0.05, 0) is 28.3 Å². The molecule has 0 aliphatic rings. The van der Waals surface area contributed by atoms with Gasteiger partial charge in [0.25, 0.3) is 0 Å². The van der Waals surface area contributed by atoms with Gasteiger partial charge in [0.05, 0.1) is 10.6 Å². The highest BCUT2D eigenvalue weighted by Gasteiger charge is 2.33. The van der Waals surface area contributed by atoms with Crippen molar-refractivity contribution in [1.29, 1.82) is 0 Å². The van der Waals surface area contributed by atoms with Gasteiger partial charge in [-0.25, -0.2) is 4.98 Å². The molecule has 13 heavy (non-hydrogen) atoms. The number of thioether (sulfide) groups is 1. The van der Waals surface area contributed by atoms with Crippen LogP contribution in [-0.2, 0) is 6.18 Å². The topological polar surface area (TPSA) is 12.9 Å². The maximum Gasteiger partial charge on any atom is 0.417 e. The third-order valence-electron chi connectivity index (χ3n) is 1.34. The molecule has 0 saturated heterocycles. The molecule has 0 aliphatic carbocycles. The van der Waals surface area contributed by atoms with Gasteiger partial charge in [-0.2, -0.15) is 13.2 Å². The van der Waals surface area contributed by atoms with Crippen molar-refractivity contribution < 1.29 is 13.2 Å². The van der Waals surface area contributed by atoms with Crippen LogP contribution in [0.25, 0.3) is 0 Å². The quantitative estimate of drug-likeness (QED) is 0.725. The summed E-state index contributed by atoms with van der Waals surface area (Å²) in [6, 6.07) is 1.02. The molecule has 0 fully saturated rings. The lowest BCUT2D eigenvalue weighted by molar-refractivity contribution is -0.138. The maximum absolute atomic E-state index is 12.3. The molecule has 0 bridgehead atoms. The van der Waals surface area contributed by atoms with Gasteiger partial charge in [0.15, 0.2) is 0 Å². The van der Waals surface area contributed by atoms with E-state index in [1.807, 2.05) is 0 Å². The van der Waals surface area contributed by atoms with Crippen LogP contribution in [0.1, 0.15) is 5.56 Å². The monoisotopic (exact) mass is 271 g/mol. The van der Waals surface area contributed by atoms with Crippen molar-refractivity contribution in [3.8, 4) is 0 Å². The first-order chi connectivity index (χ1) is 5.95. The summed E-state index contributed by atoms with van der Waals surface area (Å²) in [5, 5.41) is 0.357. The first-order valence-electron chi connectivity index (χ1n) is 3.22. The molecule has 6 heteroatoms. The van der Waals surface area contributed by atoms with E-state index in [9.17, 15) is 13.2 Å². The number of halogens is 4. The van der Waals surface area contributed by atoms with E-state index in [1.165, 1.54) is 11.8 Å². The summed E-state index contributed by atoms with van der Waals surface area (Å²) in [5.74, 6) is 0. The van der Waals surface area contributed by atoms with Crippen molar-refractivity contribution in [1.82, 2.24) is 4.98 Å². The van der Waals surface area contributed by atoms with E-state index >= 15 is 0 Å². The van der Waals surface area contributed by atoms with Gasteiger partial charge < -0.3 is 0 Å². The Hall–Kier alpha value is -0.230. The minimum atomic E-state index is -4.33. The molecule has 0 N–H and O–H groups in total. The van der Waals surface area contributed by atoms with Crippen LogP contribution in [0.4, 0.5) is 13.2 Å². The minimum absolute atomic E-state index is 0.0298. The third kappa shape index (κ3) is 2.60. The molecule has 1 aromatic rings. The normalized spacial score (nSPS) is 11.8. The Morgan fingerprint density at radius 1 is 1.46 bits per heavy atom. The molecule has 72 valence electrons. The van der Waals surface area contributed by atoms with Crippen molar-refractivity contribution in [2.45, 2.75) is 11.2 Å². The number of hydrogen-bond donors (Lipinski definition) is 0. The fraction of sp³-hybridized carbons (Fsp3) is 0.286. The Kier molecular flexibility index (Phi) is 3.23. The van der Waals surface area contributed by atoms with Crippen molar-refractivity contribution in [3.05, 3.63) is 22.3 Å². The van der Waals surface area contributed by atoms with E-state index in [-0.39, 0.29) is 4.47 Å². The van der Waals surface area contributed by atoms with Gasteiger partial charge >= 0.3 is 6.18 Å². The molecule has 0 aromatic carbocycles. The molecule has 0 atom stereocenters. The van der Waals surface area contributed by atoms with Crippen LogP contribution in [0.5, 0.6) is 0 Å². The van der Waals surface area contributed by atoms with Crippen molar-refractivity contribution in [3.63, 3.8) is 0 Å². The van der Waals surface area contributed by atoms with Crippen LogP contribution < -0.4 is 0 Å². The number of aromatic nitrogens is 1. The van der Waals surface area contributed by atoms with Crippen LogP contribution in [0.15, 0.2) is 21.8 Å². The Morgan fingerprint density at radius 3 is 2.54 bits per heavy atom. The number of pyridine rings is 1. The smallest absolute Gasteiger partial charge is 0.249 e. The number of alkyl halides is 3. The summed E-state index contributed by atoms with van der Waals surface area (Å²) in [6.45, 7) is 0. The van der Waals surface area contributed by atoms with E-state index in [1.54, 1.807) is 6.26 Å². The lowest BCUT2D eigenvalue weighted by Crippen LogP contribution is -2.06. The summed E-state index contributed by atoms with van der Waals surface area (Å²) in [7, 11) is 0. The first-order valence-corrected chi connectivity index (χ1v) is 5.23. The molecule has 0 saturated carbocycles. The molecule has 1 rings (SSSR count). The van der Waals surface area contributed by atoms with E-state index in [0.717, 1.165) is 12.3 Å². The van der Waals surface area contributed by atoms with Crippen LogP contribution in [0.2, 0.25) is 0 Å². The highest BCUT2D eigenvalue weighted by Crippen LogP contribution is 2.35. The number of hydrogen-bond acceptors (Lipinski definition) is 2. The van der Waals surface area contributed by atoms with Crippen molar-refractivity contribution in [2.24, 2.45) is 0 Å². The van der Waals surface area contributed by atoms with Gasteiger partial charge in [-0.1, -0.05) is 0 Å². The fourth-order valence-corrected chi connectivity index (χ4v) is 1.58. The summed E-state index contributed by atoms with van der Waals surface area (Å²) < 4.78 is 36.9. The molecule has 0 radical (unpaired) electrons. The van der Waals surface area contributed by atoms with Crippen LogP contribution in [-0.4, -0.2) is 11.2 Å². The average molecular weight is 272 g/mol. The molecule has 1 nitrogen and oxygen atoms in total. The van der Waals surface area contributed by atoms with Gasteiger partial charge in [0, 0.05) is 10.7 Å². The molecule has 1 heterocycles. The molecular formula is C7H5BrF3NS. The van der Waals surface area contributed by atoms with E-state index < -0.39 is 11.7 Å². The SMILES string of the molecule is CSc1cc(C(F)(F)F)c(Br)cn1. The highest BCUT2D eigenvalue weighted by molar-refractivity contribution is 9.10. The molecule has 1 aromatic heterocycles. The lowest BCUT2D eigenvalue weighted by atomic mass is 10.3. The summed E-state index contributed by atoms with van der Waals surface area (Å²) in [6.07, 6.45) is -1.49. The number of nitrogens with zero attached hydrogens (tertiary/aromatic N) is 1.